The predicted molar refractivity (Wildman–Crippen MR) is 129 cm³/mol. The molecule has 0 aliphatic carbocycles. The van der Waals surface area contributed by atoms with Gasteiger partial charge >= 0.3 is 0 Å². The highest BCUT2D eigenvalue weighted by molar-refractivity contribution is 6.24. The number of nitrogens with one attached hydrogen (secondary N) is 3. The molecule has 9 nitrogen and oxygen atoms in total. The van der Waals surface area contributed by atoms with Gasteiger partial charge in [-0.2, -0.15) is 0 Å². The number of benzene rings is 2. The van der Waals surface area contributed by atoms with E-state index in [4.69, 9.17) is 4.74 Å². The number of hydrogen-bond acceptors (Lipinski definition) is 7. The second-order valence-electron chi connectivity index (χ2n) is 10.00. The Hall–Kier alpha value is -3.56. The summed E-state index contributed by atoms with van der Waals surface area (Å²) in [7, 11) is 0. The Balaban J connectivity index is 1.26. The van der Waals surface area contributed by atoms with Gasteiger partial charge < -0.3 is 15.4 Å². The summed E-state index contributed by atoms with van der Waals surface area (Å²) >= 11 is 0. The Morgan fingerprint density at radius 1 is 1.00 bits per heavy atom. The maximum atomic E-state index is 13.4. The average molecular weight is 489 g/mol. The number of fused-ring (bicyclic) bond motifs is 2. The molecule has 2 aromatic carbocycles. The van der Waals surface area contributed by atoms with Crippen molar-refractivity contribution >= 4 is 23.6 Å². The molecule has 2 unspecified atom stereocenters. The fourth-order valence-electron chi connectivity index (χ4n) is 5.95. The van der Waals surface area contributed by atoms with Crippen molar-refractivity contribution in [1.29, 1.82) is 0 Å². The average Bonchev–Trinajstić information content (AvgIpc) is 3.13. The molecule has 0 saturated carbocycles. The van der Waals surface area contributed by atoms with Gasteiger partial charge in [0.15, 0.2) is 0 Å². The molecule has 4 aliphatic heterocycles. The highest BCUT2D eigenvalue weighted by Gasteiger charge is 2.46. The molecular weight excluding hydrogens is 460 g/mol. The number of piperidine rings is 2. The van der Waals surface area contributed by atoms with Crippen LogP contribution in [0.3, 0.4) is 0 Å². The van der Waals surface area contributed by atoms with Crippen molar-refractivity contribution in [1.82, 2.24) is 20.9 Å². The van der Waals surface area contributed by atoms with E-state index in [-0.39, 0.29) is 30.4 Å². The van der Waals surface area contributed by atoms with Crippen LogP contribution in [0, 0.1) is 0 Å². The largest absolute Gasteiger partial charge is 0.487 e. The molecule has 1 spiro atoms. The zero-order chi connectivity index (χ0) is 24.9. The molecule has 0 radical (unpaired) electrons. The summed E-state index contributed by atoms with van der Waals surface area (Å²) in [6.45, 7) is 2.21. The molecule has 0 aromatic heterocycles. The van der Waals surface area contributed by atoms with E-state index < -0.39 is 23.8 Å². The Morgan fingerprint density at radius 2 is 1.81 bits per heavy atom. The summed E-state index contributed by atoms with van der Waals surface area (Å²) in [5.41, 5.74) is 2.19. The molecule has 2 saturated heterocycles. The van der Waals surface area contributed by atoms with E-state index in [0.29, 0.717) is 23.2 Å². The lowest BCUT2D eigenvalue weighted by Crippen LogP contribution is -2.54. The van der Waals surface area contributed by atoms with Crippen LogP contribution in [-0.2, 0) is 16.1 Å². The number of ether oxygens (including phenoxy) is 1. The summed E-state index contributed by atoms with van der Waals surface area (Å²) in [5.74, 6) is -1.08. The lowest BCUT2D eigenvalue weighted by atomic mass is 9.81. The van der Waals surface area contributed by atoms with Crippen LogP contribution >= 0.6 is 0 Å². The van der Waals surface area contributed by atoms with Crippen molar-refractivity contribution in [3.63, 3.8) is 0 Å². The molecule has 2 atom stereocenters. The first-order valence-electron chi connectivity index (χ1n) is 12.5. The Kier molecular flexibility index (Phi) is 5.61. The fraction of sp³-hybridized carbons (Fsp3) is 0.407. The van der Waals surface area contributed by atoms with Crippen LogP contribution < -0.4 is 20.7 Å². The molecule has 6 rings (SSSR count). The van der Waals surface area contributed by atoms with Crippen molar-refractivity contribution in [3.05, 3.63) is 64.7 Å². The number of carbonyl (C=O) groups excluding carboxylic acids is 4. The minimum atomic E-state index is -0.974. The first-order chi connectivity index (χ1) is 17.5. The third-order valence-electron chi connectivity index (χ3n) is 7.81. The van der Waals surface area contributed by atoms with Crippen LogP contribution in [0.25, 0.3) is 0 Å². The minimum absolute atomic E-state index is 0.0300. The fourth-order valence-corrected chi connectivity index (χ4v) is 5.95. The summed E-state index contributed by atoms with van der Waals surface area (Å²) in [4.78, 5) is 51.6. The number of amides is 4. The van der Waals surface area contributed by atoms with Crippen LogP contribution in [0.15, 0.2) is 42.5 Å². The van der Waals surface area contributed by atoms with Crippen molar-refractivity contribution in [2.75, 3.05) is 13.1 Å². The monoisotopic (exact) mass is 488 g/mol. The van der Waals surface area contributed by atoms with Crippen molar-refractivity contribution in [2.24, 2.45) is 0 Å². The maximum absolute atomic E-state index is 13.4. The standard InChI is InChI=1S/C27H28N4O5/c32-22-9-8-20(24(33)30-22)31-25(34)18-6-3-4-16(23(18)26(31)35)15-29-19-14-27(10-12-28-13-11-27)36-21-7-2-1-5-17(19)21/h1-7,19-20,28-29H,8-15H2,(H,30,32,33). The van der Waals surface area contributed by atoms with Crippen LogP contribution in [-0.4, -0.2) is 53.3 Å². The number of para-hydroxylation sites is 1. The quantitative estimate of drug-likeness (QED) is 0.562. The number of nitrogens with zero attached hydrogens (tertiary/aromatic N) is 1. The van der Waals surface area contributed by atoms with Crippen molar-refractivity contribution in [2.45, 2.75) is 56.3 Å². The zero-order valence-corrected chi connectivity index (χ0v) is 19.8. The van der Waals surface area contributed by atoms with Crippen LogP contribution in [0.5, 0.6) is 5.75 Å². The number of carbonyl (C=O) groups is 4. The van der Waals surface area contributed by atoms with Gasteiger partial charge in [-0.15, -0.1) is 0 Å². The van der Waals surface area contributed by atoms with E-state index in [1.807, 2.05) is 24.3 Å². The van der Waals surface area contributed by atoms with Gasteiger partial charge in [-0.3, -0.25) is 29.4 Å². The molecule has 36 heavy (non-hydrogen) atoms. The summed E-state index contributed by atoms with van der Waals surface area (Å²) < 4.78 is 6.50. The van der Waals surface area contributed by atoms with Gasteiger partial charge in [0.05, 0.1) is 11.1 Å². The lowest BCUT2D eigenvalue weighted by molar-refractivity contribution is -0.136. The lowest BCUT2D eigenvalue weighted by Gasteiger charge is -2.45. The van der Waals surface area contributed by atoms with E-state index in [1.54, 1.807) is 12.1 Å². The highest BCUT2D eigenvalue weighted by atomic mass is 16.5. The van der Waals surface area contributed by atoms with Crippen LogP contribution in [0.4, 0.5) is 0 Å². The molecule has 4 heterocycles. The molecule has 2 fully saturated rings. The Labute approximate surface area is 208 Å². The van der Waals surface area contributed by atoms with E-state index in [2.05, 4.69) is 22.0 Å². The van der Waals surface area contributed by atoms with Gasteiger partial charge in [-0.05, 0) is 50.0 Å². The third kappa shape index (κ3) is 3.79. The number of imide groups is 2. The van der Waals surface area contributed by atoms with Gasteiger partial charge in [0.2, 0.25) is 11.8 Å². The van der Waals surface area contributed by atoms with Crippen molar-refractivity contribution in [3.8, 4) is 5.75 Å². The zero-order valence-electron chi connectivity index (χ0n) is 19.8. The molecule has 4 amide bonds. The SMILES string of the molecule is O=C1CCC(N2C(=O)c3cccc(CNC4CC5(CCNCC5)Oc5ccccc54)c3C2=O)C(=O)N1. The topological polar surface area (TPSA) is 117 Å². The molecule has 2 aromatic rings. The van der Waals surface area contributed by atoms with E-state index in [1.165, 1.54) is 0 Å². The van der Waals surface area contributed by atoms with E-state index in [0.717, 1.165) is 48.6 Å². The van der Waals surface area contributed by atoms with Gasteiger partial charge in [-0.1, -0.05) is 30.3 Å². The van der Waals surface area contributed by atoms with Gasteiger partial charge in [0.1, 0.15) is 17.4 Å². The van der Waals surface area contributed by atoms with Crippen LogP contribution in [0.1, 0.15) is 70.0 Å². The van der Waals surface area contributed by atoms with Gasteiger partial charge in [0.25, 0.3) is 11.8 Å². The third-order valence-corrected chi connectivity index (χ3v) is 7.81. The Bertz CT molecular complexity index is 1270. The first-order valence-corrected chi connectivity index (χ1v) is 12.5. The number of hydrogen-bond donors (Lipinski definition) is 3. The highest BCUT2D eigenvalue weighted by Crippen LogP contribution is 2.43. The summed E-state index contributed by atoms with van der Waals surface area (Å²) in [5, 5.41) is 9.28. The number of rotatable bonds is 4. The van der Waals surface area contributed by atoms with E-state index in [9.17, 15) is 19.2 Å². The normalized spacial score (nSPS) is 24.8. The summed E-state index contributed by atoms with van der Waals surface area (Å²) in [6, 6.07) is 12.3. The van der Waals surface area contributed by atoms with Gasteiger partial charge in [-0.25, -0.2) is 0 Å². The van der Waals surface area contributed by atoms with E-state index >= 15 is 0 Å². The summed E-state index contributed by atoms with van der Waals surface area (Å²) in [6.07, 6.45) is 2.90. The second kappa shape index (κ2) is 8.83. The van der Waals surface area contributed by atoms with Gasteiger partial charge in [0, 0.05) is 31.0 Å². The predicted octanol–water partition coefficient (Wildman–Crippen LogP) is 1.82. The maximum Gasteiger partial charge on any atom is 0.262 e. The minimum Gasteiger partial charge on any atom is -0.487 e. The molecule has 4 aliphatic rings. The smallest absolute Gasteiger partial charge is 0.262 e. The first kappa shape index (κ1) is 22.9. The molecule has 186 valence electrons. The van der Waals surface area contributed by atoms with Crippen molar-refractivity contribution < 1.29 is 23.9 Å². The molecule has 3 N–H and O–H groups in total. The Morgan fingerprint density at radius 3 is 2.61 bits per heavy atom. The molecule has 0 bridgehead atoms. The second-order valence-corrected chi connectivity index (χ2v) is 10.00. The van der Waals surface area contributed by atoms with Crippen LogP contribution in [0.2, 0.25) is 0 Å². The molecular formula is C27H28N4O5. The molecule has 9 heteroatoms.